The van der Waals surface area contributed by atoms with Crippen LogP contribution in [0.2, 0.25) is 0 Å². The van der Waals surface area contributed by atoms with Gasteiger partial charge in [0.2, 0.25) is 0 Å². The van der Waals surface area contributed by atoms with Crippen LogP contribution in [0, 0.1) is 6.92 Å². The molecule has 2 aliphatic rings. The minimum Gasteiger partial charge on any atom is -0.368 e. The van der Waals surface area contributed by atoms with Gasteiger partial charge in [-0.15, -0.1) is 11.3 Å². The third-order valence-electron chi connectivity index (χ3n) is 4.36. The van der Waals surface area contributed by atoms with Crippen molar-refractivity contribution in [2.45, 2.75) is 32.3 Å². The number of fused-ring (bicyclic) bond motifs is 1. The largest absolute Gasteiger partial charge is 0.368 e. The van der Waals surface area contributed by atoms with Crippen molar-refractivity contribution in [3.63, 3.8) is 0 Å². The molecule has 0 saturated carbocycles. The molecular formula is C17H18N2O2S. The number of ether oxygens (including phenoxy) is 1. The first-order valence-corrected chi connectivity index (χ1v) is 8.59. The maximum absolute atomic E-state index is 12.6. The smallest absolute Gasteiger partial charge is 0.256 e. The van der Waals surface area contributed by atoms with Crippen molar-refractivity contribution in [3.8, 4) is 11.3 Å². The zero-order chi connectivity index (χ0) is 15.1. The molecule has 5 heteroatoms. The summed E-state index contributed by atoms with van der Waals surface area (Å²) in [4.78, 5) is 19.0. The van der Waals surface area contributed by atoms with E-state index in [0.29, 0.717) is 6.61 Å². The van der Waals surface area contributed by atoms with Crippen LogP contribution < -0.4 is 4.90 Å². The number of carbonyl (C=O) groups is 1. The van der Waals surface area contributed by atoms with E-state index in [0.717, 1.165) is 47.8 Å². The molecule has 2 aromatic rings. The number of rotatable bonds is 2. The predicted molar refractivity (Wildman–Crippen MR) is 87.3 cm³/mol. The third kappa shape index (κ3) is 2.34. The lowest BCUT2D eigenvalue weighted by Gasteiger charge is -2.20. The number of nitrogens with zero attached hydrogens (tertiary/aromatic N) is 2. The average Bonchev–Trinajstić information content (AvgIpc) is 3.26. The molecule has 1 atom stereocenters. The van der Waals surface area contributed by atoms with Crippen LogP contribution in [0.15, 0.2) is 23.6 Å². The number of aromatic nitrogens is 1. The molecule has 0 bridgehead atoms. The molecule has 0 spiro atoms. The van der Waals surface area contributed by atoms with Gasteiger partial charge in [0, 0.05) is 29.8 Å². The number of thiazole rings is 1. The Bertz CT molecular complexity index is 719. The quantitative estimate of drug-likeness (QED) is 0.855. The van der Waals surface area contributed by atoms with Crippen LogP contribution in [0.4, 0.5) is 5.69 Å². The van der Waals surface area contributed by atoms with Gasteiger partial charge in [-0.1, -0.05) is 6.07 Å². The van der Waals surface area contributed by atoms with E-state index in [1.54, 1.807) is 11.3 Å². The van der Waals surface area contributed by atoms with Crippen molar-refractivity contribution in [1.29, 1.82) is 0 Å². The molecule has 2 aliphatic heterocycles. The van der Waals surface area contributed by atoms with Gasteiger partial charge in [0.25, 0.3) is 5.91 Å². The highest BCUT2D eigenvalue weighted by molar-refractivity contribution is 7.09. The first-order valence-electron chi connectivity index (χ1n) is 7.71. The van der Waals surface area contributed by atoms with E-state index in [2.05, 4.69) is 28.6 Å². The van der Waals surface area contributed by atoms with Gasteiger partial charge < -0.3 is 9.64 Å². The molecule has 1 aromatic heterocycles. The summed E-state index contributed by atoms with van der Waals surface area (Å²) in [6.45, 7) is 3.48. The fourth-order valence-electron chi connectivity index (χ4n) is 3.23. The zero-order valence-corrected chi connectivity index (χ0v) is 13.4. The van der Waals surface area contributed by atoms with Crippen LogP contribution in [0.3, 0.4) is 0 Å². The minimum atomic E-state index is -0.244. The molecule has 0 N–H and O–H groups in total. The molecule has 114 valence electrons. The highest BCUT2D eigenvalue weighted by atomic mass is 32.1. The van der Waals surface area contributed by atoms with Crippen LogP contribution in [-0.2, 0) is 16.0 Å². The van der Waals surface area contributed by atoms with Crippen LogP contribution in [-0.4, -0.2) is 30.1 Å². The Kier molecular flexibility index (Phi) is 3.47. The summed E-state index contributed by atoms with van der Waals surface area (Å²) in [5.41, 5.74) is 4.43. The van der Waals surface area contributed by atoms with E-state index in [1.165, 1.54) is 5.56 Å². The van der Waals surface area contributed by atoms with E-state index in [4.69, 9.17) is 4.74 Å². The van der Waals surface area contributed by atoms with Gasteiger partial charge in [-0.25, -0.2) is 4.98 Å². The van der Waals surface area contributed by atoms with E-state index >= 15 is 0 Å². The molecule has 3 heterocycles. The molecule has 1 fully saturated rings. The molecule has 4 nitrogen and oxygen atoms in total. The fraction of sp³-hybridized carbons (Fsp3) is 0.412. The standard InChI is InChI=1S/C17H18N2O2S/c1-11-18-14(10-22-11)12-4-5-15-13(9-12)6-7-19(15)17(20)16-3-2-8-21-16/h4-5,9-10,16H,2-3,6-8H2,1H3/t16-/m0/s1. The normalized spacial score (nSPS) is 20.4. The highest BCUT2D eigenvalue weighted by Crippen LogP contribution is 2.33. The van der Waals surface area contributed by atoms with Crippen LogP contribution >= 0.6 is 11.3 Å². The molecule has 1 aromatic carbocycles. The molecule has 4 rings (SSSR count). The van der Waals surface area contributed by atoms with Crippen molar-refractivity contribution in [1.82, 2.24) is 4.98 Å². The van der Waals surface area contributed by atoms with E-state index < -0.39 is 0 Å². The number of aryl methyl sites for hydroxylation is 1. The number of benzene rings is 1. The molecule has 0 unspecified atom stereocenters. The monoisotopic (exact) mass is 314 g/mol. The Labute approximate surface area is 133 Å². The summed E-state index contributed by atoms with van der Waals surface area (Å²) < 4.78 is 5.54. The molecule has 0 radical (unpaired) electrons. The summed E-state index contributed by atoms with van der Waals surface area (Å²) in [7, 11) is 0. The summed E-state index contributed by atoms with van der Waals surface area (Å²) in [5.74, 6) is 0.119. The second-order valence-electron chi connectivity index (χ2n) is 5.84. The summed E-state index contributed by atoms with van der Waals surface area (Å²) >= 11 is 1.66. The Balaban J connectivity index is 1.61. The van der Waals surface area contributed by atoms with Crippen molar-refractivity contribution in [2.75, 3.05) is 18.1 Å². The van der Waals surface area contributed by atoms with Crippen molar-refractivity contribution < 1.29 is 9.53 Å². The van der Waals surface area contributed by atoms with Gasteiger partial charge >= 0.3 is 0 Å². The van der Waals surface area contributed by atoms with Crippen LogP contribution in [0.5, 0.6) is 0 Å². The fourth-order valence-corrected chi connectivity index (χ4v) is 3.85. The Morgan fingerprint density at radius 3 is 3.09 bits per heavy atom. The molecular weight excluding hydrogens is 296 g/mol. The van der Waals surface area contributed by atoms with Crippen LogP contribution in [0.1, 0.15) is 23.4 Å². The summed E-state index contributed by atoms with van der Waals surface area (Å²) in [5, 5.41) is 3.16. The second kappa shape index (κ2) is 5.48. The Morgan fingerprint density at radius 1 is 1.45 bits per heavy atom. The SMILES string of the molecule is Cc1nc(-c2ccc3c(c2)CCN3C(=O)[C@@H]2CCCO2)cs1. The maximum Gasteiger partial charge on any atom is 0.256 e. The number of anilines is 1. The first-order chi connectivity index (χ1) is 10.7. The van der Waals surface area contributed by atoms with E-state index in [-0.39, 0.29) is 12.0 Å². The lowest BCUT2D eigenvalue weighted by atomic mass is 10.1. The Hall–Kier alpha value is -1.72. The van der Waals surface area contributed by atoms with E-state index in [9.17, 15) is 4.79 Å². The zero-order valence-electron chi connectivity index (χ0n) is 12.5. The van der Waals surface area contributed by atoms with E-state index in [1.807, 2.05) is 11.8 Å². The van der Waals surface area contributed by atoms with Gasteiger partial charge in [0.05, 0.1) is 10.7 Å². The molecule has 22 heavy (non-hydrogen) atoms. The van der Waals surface area contributed by atoms with Crippen LogP contribution in [0.25, 0.3) is 11.3 Å². The second-order valence-corrected chi connectivity index (χ2v) is 6.90. The minimum absolute atomic E-state index is 0.119. The lowest BCUT2D eigenvalue weighted by molar-refractivity contribution is -0.127. The highest BCUT2D eigenvalue weighted by Gasteiger charge is 2.32. The average molecular weight is 314 g/mol. The predicted octanol–water partition coefficient (Wildman–Crippen LogP) is 3.19. The number of amides is 1. The van der Waals surface area contributed by atoms with Gasteiger partial charge in [-0.2, -0.15) is 0 Å². The van der Waals surface area contributed by atoms with Gasteiger partial charge in [-0.05, 0) is 43.9 Å². The van der Waals surface area contributed by atoms with Crippen molar-refractivity contribution >= 4 is 22.9 Å². The lowest BCUT2D eigenvalue weighted by Crippen LogP contribution is -2.37. The molecule has 1 amide bonds. The molecule has 1 saturated heterocycles. The summed E-state index contributed by atoms with van der Waals surface area (Å²) in [6, 6.07) is 6.29. The first kappa shape index (κ1) is 13.9. The Morgan fingerprint density at radius 2 is 2.36 bits per heavy atom. The van der Waals surface area contributed by atoms with Crippen molar-refractivity contribution in [3.05, 3.63) is 34.2 Å². The maximum atomic E-state index is 12.6. The van der Waals surface area contributed by atoms with Crippen molar-refractivity contribution in [2.24, 2.45) is 0 Å². The topological polar surface area (TPSA) is 42.4 Å². The van der Waals surface area contributed by atoms with Gasteiger partial charge in [0.1, 0.15) is 6.10 Å². The third-order valence-corrected chi connectivity index (χ3v) is 5.13. The number of carbonyl (C=O) groups excluding carboxylic acids is 1. The molecule has 0 aliphatic carbocycles. The van der Waals surface area contributed by atoms with Gasteiger partial charge in [0.15, 0.2) is 0 Å². The number of hydrogen-bond acceptors (Lipinski definition) is 4. The number of hydrogen-bond donors (Lipinski definition) is 0. The van der Waals surface area contributed by atoms with Gasteiger partial charge in [-0.3, -0.25) is 4.79 Å². The summed E-state index contributed by atoms with van der Waals surface area (Å²) in [6.07, 6.45) is 2.50.